The van der Waals surface area contributed by atoms with E-state index in [0.717, 1.165) is 7.11 Å². The van der Waals surface area contributed by atoms with Gasteiger partial charge in [0.1, 0.15) is 5.52 Å². The van der Waals surface area contributed by atoms with Gasteiger partial charge in [0.2, 0.25) is 5.69 Å². The van der Waals surface area contributed by atoms with Crippen LogP contribution in [0.1, 0.15) is 10.5 Å². The number of hydrogen-bond acceptors (Lipinski definition) is 8. The number of thioether (sulfide) groups is 1. The normalized spacial score (nSPS) is 10.6. The van der Waals surface area contributed by atoms with Crippen LogP contribution in [0.5, 0.6) is 0 Å². The summed E-state index contributed by atoms with van der Waals surface area (Å²) in [6, 6.07) is 0. The van der Waals surface area contributed by atoms with Crippen molar-refractivity contribution in [3.05, 3.63) is 16.0 Å². The summed E-state index contributed by atoms with van der Waals surface area (Å²) < 4.78 is 4.44. The second kappa shape index (κ2) is 4.61. The van der Waals surface area contributed by atoms with Crippen molar-refractivity contribution < 1.29 is 9.53 Å². The lowest BCUT2D eigenvalue weighted by atomic mass is 10.4. The van der Waals surface area contributed by atoms with Crippen LogP contribution in [0.4, 0.5) is 5.82 Å². The van der Waals surface area contributed by atoms with Crippen molar-refractivity contribution in [2.75, 3.05) is 19.1 Å². The number of nitrogens with one attached hydrogen (secondary N) is 1. The lowest BCUT2D eigenvalue weighted by Gasteiger charge is -2.04. The van der Waals surface area contributed by atoms with Crippen LogP contribution in [0.2, 0.25) is 0 Å². The number of hydrogen-bond donors (Lipinski definition) is 2. The molecule has 0 aliphatic heterocycles. The van der Waals surface area contributed by atoms with Crippen LogP contribution in [0.25, 0.3) is 11.2 Å². The molecule has 0 unspecified atom stereocenters. The fraction of sp³-hybridized carbons (Fsp3) is 0.222. The van der Waals surface area contributed by atoms with E-state index in [1.54, 1.807) is 6.26 Å². The molecule has 18 heavy (non-hydrogen) atoms. The molecule has 0 atom stereocenters. The van der Waals surface area contributed by atoms with Gasteiger partial charge < -0.3 is 15.5 Å². The zero-order valence-corrected chi connectivity index (χ0v) is 10.4. The summed E-state index contributed by atoms with van der Waals surface area (Å²) >= 11 is 1.27. The number of methoxy groups -OCH3 is 1. The largest absolute Gasteiger partial charge is 0.464 e. The third-order valence-corrected chi connectivity index (χ3v) is 2.67. The van der Waals surface area contributed by atoms with Crippen molar-refractivity contribution >= 4 is 34.7 Å². The maximum absolute atomic E-state index is 11.6. The molecule has 94 valence electrons. The number of aromatic nitrogens is 4. The second-order valence-corrected chi connectivity index (χ2v) is 3.97. The number of aromatic amines is 1. The molecule has 2 heterocycles. The SMILES string of the molecule is COC(=O)c1nc2c(N)nc(SC)nc2[nH]c1=O. The smallest absolute Gasteiger partial charge is 0.362 e. The third-order valence-electron chi connectivity index (χ3n) is 2.12. The van der Waals surface area contributed by atoms with Gasteiger partial charge in [0, 0.05) is 0 Å². The highest BCUT2D eigenvalue weighted by molar-refractivity contribution is 7.98. The number of esters is 1. The molecule has 0 fully saturated rings. The molecule has 0 saturated carbocycles. The van der Waals surface area contributed by atoms with Gasteiger partial charge >= 0.3 is 5.97 Å². The van der Waals surface area contributed by atoms with Crippen molar-refractivity contribution in [1.82, 2.24) is 19.9 Å². The predicted molar refractivity (Wildman–Crippen MR) is 65.5 cm³/mol. The predicted octanol–water partition coefficient (Wildman–Crippen LogP) is -0.196. The van der Waals surface area contributed by atoms with Crippen LogP contribution < -0.4 is 11.3 Å². The van der Waals surface area contributed by atoms with Crippen LogP contribution in [-0.2, 0) is 4.74 Å². The molecule has 2 aromatic rings. The molecule has 0 amide bonds. The van der Waals surface area contributed by atoms with Gasteiger partial charge in [-0.15, -0.1) is 0 Å². The van der Waals surface area contributed by atoms with Crippen molar-refractivity contribution in [1.29, 1.82) is 0 Å². The Bertz CT molecular complexity index is 684. The number of anilines is 1. The van der Waals surface area contributed by atoms with Gasteiger partial charge in [-0.05, 0) is 6.26 Å². The van der Waals surface area contributed by atoms with Crippen LogP contribution in [0.15, 0.2) is 9.95 Å². The Kier molecular flexibility index (Phi) is 3.15. The highest BCUT2D eigenvalue weighted by Crippen LogP contribution is 2.17. The molecule has 0 aliphatic rings. The molecule has 0 spiro atoms. The lowest BCUT2D eigenvalue weighted by Crippen LogP contribution is -2.22. The van der Waals surface area contributed by atoms with Crippen molar-refractivity contribution in [3.63, 3.8) is 0 Å². The van der Waals surface area contributed by atoms with Gasteiger partial charge in [-0.25, -0.2) is 19.7 Å². The standard InChI is InChI=1S/C9H9N5O3S/c1-17-8(16)4-7(15)13-6-3(11-4)5(10)12-9(14-6)18-2/h1-2H3,(H3,10,12,13,14,15). The Labute approximate surface area is 105 Å². The van der Waals surface area contributed by atoms with E-state index in [1.165, 1.54) is 11.8 Å². The number of fused-ring (bicyclic) bond motifs is 1. The minimum atomic E-state index is -0.841. The fourth-order valence-electron chi connectivity index (χ4n) is 1.30. The molecule has 0 saturated heterocycles. The maximum Gasteiger partial charge on any atom is 0.362 e. The minimum absolute atomic E-state index is 0.0887. The number of carbonyl (C=O) groups excluding carboxylic acids is 1. The Morgan fingerprint density at radius 2 is 2.11 bits per heavy atom. The maximum atomic E-state index is 11.6. The first-order valence-electron chi connectivity index (χ1n) is 4.76. The quantitative estimate of drug-likeness (QED) is 0.435. The summed E-state index contributed by atoms with van der Waals surface area (Å²) in [5.41, 5.74) is 4.98. The Hall–Kier alpha value is -2.16. The van der Waals surface area contributed by atoms with Crippen LogP contribution >= 0.6 is 11.8 Å². The summed E-state index contributed by atoms with van der Waals surface area (Å²) in [6.45, 7) is 0. The number of nitrogens with two attached hydrogens (primary N) is 1. The van der Waals surface area contributed by atoms with E-state index in [1.807, 2.05) is 0 Å². The molecule has 8 nitrogen and oxygen atoms in total. The van der Waals surface area contributed by atoms with Gasteiger partial charge in [0.05, 0.1) is 7.11 Å². The monoisotopic (exact) mass is 267 g/mol. The van der Waals surface area contributed by atoms with Crippen molar-refractivity contribution in [2.45, 2.75) is 5.16 Å². The van der Waals surface area contributed by atoms with Crippen LogP contribution in [0.3, 0.4) is 0 Å². The number of nitrogen functional groups attached to an aromatic ring is 1. The minimum Gasteiger partial charge on any atom is -0.464 e. The first kappa shape index (κ1) is 12.3. The Morgan fingerprint density at radius 1 is 1.39 bits per heavy atom. The summed E-state index contributed by atoms with van der Waals surface area (Å²) in [5.74, 6) is -0.753. The molecule has 0 aliphatic carbocycles. The Balaban J connectivity index is 2.76. The molecule has 2 aromatic heterocycles. The Morgan fingerprint density at radius 3 is 2.72 bits per heavy atom. The molecular weight excluding hydrogens is 258 g/mol. The van der Waals surface area contributed by atoms with Gasteiger partial charge in [-0.1, -0.05) is 11.8 Å². The van der Waals surface area contributed by atoms with Crippen LogP contribution in [-0.4, -0.2) is 39.3 Å². The highest BCUT2D eigenvalue weighted by Gasteiger charge is 2.16. The van der Waals surface area contributed by atoms with Gasteiger partial charge in [0.25, 0.3) is 5.56 Å². The number of carbonyl (C=O) groups is 1. The van der Waals surface area contributed by atoms with Gasteiger partial charge in [-0.2, -0.15) is 0 Å². The average Bonchev–Trinajstić information content (AvgIpc) is 2.36. The number of ether oxygens (including phenoxy) is 1. The first-order valence-corrected chi connectivity index (χ1v) is 5.99. The van der Waals surface area contributed by atoms with E-state index in [9.17, 15) is 9.59 Å². The number of nitrogens with zero attached hydrogens (tertiary/aromatic N) is 3. The molecule has 0 bridgehead atoms. The molecular formula is C9H9N5O3S. The summed E-state index contributed by atoms with van der Waals surface area (Å²) in [6.07, 6.45) is 1.77. The molecule has 2 rings (SSSR count). The van der Waals surface area contributed by atoms with Gasteiger partial charge in [0.15, 0.2) is 16.6 Å². The molecule has 3 N–H and O–H groups in total. The molecule has 0 aromatic carbocycles. The first-order chi connectivity index (χ1) is 8.56. The lowest BCUT2D eigenvalue weighted by molar-refractivity contribution is 0.0592. The van der Waals surface area contributed by atoms with Gasteiger partial charge in [-0.3, -0.25) is 4.79 Å². The fourth-order valence-corrected chi connectivity index (χ4v) is 1.68. The zero-order chi connectivity index (χ0) is 13.3. The van der Waals surface area contributed by atoms with E-state index in [4.69, 9.17) is 5.73 Å². The summed E-state index contributed by atoms with van der Waals surface area (Å²) in [7, 11) is 1.16. The molecule has 0 radical (unpaired) electrons. The van der Waals surface area contributed by atoms with E-state index in [2.05, 4.69) is 24.7 Å². The summed E-state index contributed by atoms with van der Waals surface area (Å²) in [5, 5.41) is 0.406. The topological polar surface area (TPSA) is 124 Å². The van der Waals surface area contributed by atoms with Crippen molar-refractivity contribution in [2.24, 2.45) is 0 Å². The van der Waals surface area contributed by atoms with E-state index in [-0.39, 0.29) is 22.7 Å². The van der Waals surface area contributed by atoms with E-state index in [0.29, 0.717) is 5.16 Å². The average molecular weight is 267 g/mol. The summed E-state index contributed by atoms with van der Waals surface area (Å²) in [4.78, 5) is 37.2. The highest BCUT2D eigenvalue weighted by atomic mass is 32.2. The van der Waals surface area contributed by atoms with Crippen molar-refractivity contribution in [3.8, 4) is 0 Å². The third kappa shape index (κ3) is 1.99. The number of H-pyrrole nitrogens is 1. The van der Waals surface area contributed by atoms with E-state index < -0.39 is 11.5 Å². The zero-order valence-electron chi connectivity index (χ0n) is 9.55. The van der Waals surface area contributed by atoms with E-state index >= 15 is 0 Å². The number of rotatable bonds is 2. The molecule has 9 heteroatoms. The van der Waals surface area contributed by atoms with Crippen LogP contribution in [0, 0.1) is 0 Å². The second-order valence-electron chi connectivity index (χ2n) is 3.20.